The van der Waals surface area contributed by atoms with E-state index in [1.807, 2.05) is 105 Å². The summed E-state index contributed by atoms with van der Waals surface area (Å²) in [6.45, 7) is 9.43. The Kier molecular flexibility index (Phi) is 10.4. The zero-order valence-electron chi connectivity index (χ0n) is 30.0. The van der Waals surface area contributed by atoms with E-state index in [4.69, 9.17) is 9.15 Å². The minimum atomic E-state index is -6.12. The standard InChI is InChI=1S/C41H36F3N3O6S/c1-25(2)46(28-11-7-6-8-12-28)30-17-21-35-37(23-30)53-38-24-31(47(26(3)4)29-15-19-32(20-16-29)52-27(5)48)18-22-36(38)39(35)33-13-9-10-14-34(33)40(49)45-54(50,51)41(42,43)44/h6-26H,1-5H3. The maximum absolute atomic E-state index is 13.3. The van der Waals surface area contributed by atoms with Crippen LogP contribution in [0.3, 0.4) is 0 Å². The van der Waals surface area contributed by atoms with Gasteiger partial charge in [0.25, 0.3) is 0 Å². The molecule has 1 heterocycles. The van der Waals surface area contributed by atoms with Crippen molar-refractivity contribution in [1.82, 2.24) is 4.58 Å². The van der Waals surface area contributed by atoms with Crippen LogP contribution in [0, 0.1) is 0 Å². The molecule has 9 nitrogen and oxygen atoms in total. The first-order valence-corrected chi connectivity index (χ1v) is 18.4. The highest BCUT2D eigenvalue weighted by Gasteiger charge is 2.40. The molecule has 0 unspecified atom stereocenters. The summed E-state index contributed by atoms with van der Waals surface area (Å²) in [6, 6.07) is 33.6. The maximum atomic E-state index is 13.3. The topological polar surface area (TPSA) is 111 Å². The van der Waals surface area contributed by atoms with Gasteiger partial charge in [0.1, 0.15) is 17.1 Å². The SMILES string of the molecule is CC(=O)Oc1ccc(N(c2ccc3c(-c4ccccc4C(=O)[N-]S(=O)(=O)C(F)(F)F)c4ccc(=[N+](c5ccccc5)C(C)C)cc-4oc3c2)C(C)C)cc1. The highest BCUT2D eigenvalue weighted by Crippen LogP contribution is 2.44. The number of ether oxygens (including phenoxy) is 1. The molecule has 0 atom stereocenters. The first-order chi connectivity index (χ1) is 25.6. The van der Waals surface area contributed by atoms with Gasteiger partial charge in [-0.15, -0.1) is 0 Å². The molecule has 4 aromatic rings. The Morgan fingerprint density at radius 1 is 0.796 bits per heavy atom. The molecule has 0 spiro atoms. The number of sulfonamides is 1. The van der Waals surface area contributed by atoms with Crippen molar-refractivity contribution in [3.05, 3.63) is 131 Å². The molecule has 0 bridgehead atoms. The molecule has 54 heavy (non-hydrogen) atoms. The number of fused-ring (bicyclic) bond motifs is 2. The van der Waals surface area contributed by atoms with Crippen molar-refractivity contribution in [3.8, 4) is 28.2 Å². The number of benzene rings is 5. The number of nitrogens with zero attached hydrogens (tertiary/aromatic N) is 3. The number of carbonyl (C=O) groups excluding carboxylic acids is 2. The summed E-state index contributed by atoms with van der Waals surface area (Å²) in [5.41, 5.74) is -2.12. The Labute approximate surface area is 310 Å². The first-order valence-electron chi connectivity index (χ1n) is 17.0. The Morgan fingerprint density at radius 3 is 2.07 bits per heavy atom. The minimum absolute atomic E-state index is 0.0266. The van der Waals surface area contributed by atoms with E-state index >= 15 is 0 Å². The number of esters is 1. The summed E-state index contributed by atoms with van der Waals surface area (Å²) < 4.78 is 80.5. The normalized spacial score (nSPS) is 12.6. The third-order valence-electron chi connectivity index (χ3n) is 8.61. The maximum Gasteiger partial charge on any atom is 0.483 e. The van der Waals surface area contributed by atoms with E-state index in [0.29, 0.717) is 33.6 Å². The van der Waals surface area contributed by atoms with Crippen molar-refractivity contribution in [1.29, 1.82) is 0 Å². The monoisotopic (exact) mass is 755 g/mol. The average Bonchev–Trinajstić information content (AvgIpc) is 3.10. The number of hydrogen-bond acceptors (Lipinski definition) is 7. The lowest BCUT2D eigenvalue weighted by Gasteiger charge is -2.30. The van der Waals surface area contributed by atoms with Crippen molar-refractivity contribution in [2.75, 3.05) is 4.90 Å². The van der Waals surface area contributed by atoms with Crippen LogP contribution in [0.4, 0.5) is 30.2 Å². The van der Waals surface area contributed by atoms with Gasteiger partial charge in [-0.2, -0.15) is 17.7 Å². The van der Waals surface area contributed by atoms with Crippen LogP contribution in [0.5, 0.6) is 5.75 Å². The minimum Gasteiger partial charge on any atom is -0.534 e. The molecular formula is C41H36F3N3O6S. The average molecular weight is 756 g/mol. The number of hydrogen-bond donors (Lipinski definition) is 0. The predicted molar refractivity (Wildman–Crippen MR) is 202 cm³/mol. The molecule has 0 saturated carbocycles. The molecule has 1 aliphatic heterocycles. The second kappa shape index (κ2) is 14.8. The summed E-state index contributed by atoms with van der Waals surface area (Å²) >= 11 is 0. The second-order valence-corrected chi connectivity index (χ2v) is 14.6. The fourth-order valence-electron chi connectivity index (χ4n) is 6.48. The third-order valence-corrected chi connectivity index (χ3v) is 9.60. The number of anilines is 2. The summed E-state index contributed by atoms with van der Waals surface area (Å²) in [7, 11) is -6.12. The highest BCUT2D eigenvalue weighted by atomic mass is 32.2. The van der Waals surface area contributed by atoms with E-state index in [1.165, 1.54) is 25.1 Å². The Bertz CT molecular complexity index is 2510. The van der Waals surface area contributed by atoms with E-state index < -0.39 is 27.4 Å². The largest absolute Gasteiger partial charge is 0.534 e. The van der Waals surface area contributed by atoms with Gasteiger partial charge in [0.05, 0.1) is 12.0 Å². The number of carbonyl (C=O) groups is 2. The van der Waals surface area contributed by atoms with Crippen LogP contribution in [0.1, 0.15) is 45.0 Å². The Morgan fingerprint density at radius 2 is 1.44 bits per heavy atom. The molecule has 1 aliphatic carbocycles. The van der Waals surface area contributed by atoms with Crippen molar-refractivity contribution < 1.29 is 40.3 Å². The molecule has 0 fully saturated rings. The van der Waals surface area contributed by atoms with Crippen molar-refractivity contribution >= 4 is 49.9 Å². The lowest BCUT2D eigenvalue weighted by Crippen LogP contribution is -2.31. The molecule has 6 rings (SSSR count). The summed E-state index contributed by atoms with van der Waals surface area (Å²) in [6.07, 6.45) is 0. The zero-order valence-corrected chi connectivity index (χ0v) is 30.8. The van der Waals surface area contributed by atoms with Gasteiger partial charge in [0.2, 0.25) is 11.0 Å². The molecule has 0 saturated heterocycles. The first kappa shape index (κ1) is 37.8. The van der Waals surface area contributed by atoms with Gasteiger partial charge in [-0.3, -0.25) is 4.79 Å². The fraction of sp³-hybridized carbons (Fsp3) is 0.195. The fourth-order valence-corrected chi connectivity index (χ4v) is 6.90. The lowest BCUT2D eigenvalue weighted by atomic mass is 9.90. The van der Waals surface area contributed by atoms with Crippen LogP contribution < -0.4 is 19.6 Å². The Balaban J connectivity index is 1.62. The molecule has 2 aliphatic rings. The Hall–Kier alpha value is -5.95. The van der Waals surface area contributed by atoms with Crippen LogP contribution in [-0.4, -0.2) is 37.9 Å². The van der Waals surface area contributed by atoms with Crippen LogP contribution in [0.2, 0.25) is 0 Å². The highest BCUT2D eigenvalue weighted by molar-refractivity contribution is 7.95. The quantitative estimate of drug-likeness (QED) is 0.0626. The third kappa shape index (κ3) is 7.58. The molecule has 0 N–H and O–H groups in total. The van der Waals surface area contributed by atoms with Crippen molar-refractivity contribution in [2.24, 2.45) is 0 Å². The molecule has 278 valence electrons. The van der Waals surface area contributed by atoms with E-state index in [-0.39, 0.29) is 23.2 Å². The molecular weight excluding hydrogens is 720 g/mol. The number of rotatable bonds is 9. The molecule has 0 radical (unpaired) electrons. The molecule has 13 heteroatoms. The van der Waals surface area contributed by atoms with Gasteiger partial charge in [0, 0.05) is 70.7 Å². The summed E-state index contributed by atoms with van der Waals surface area (Å²) in [5.74, 6) is -1.21. The molecule has 0 aromatic heterocycles. The van der Waals surface area contributed by atoms with Crippen LogP contribution in [-0.2, 0) is 14.8 Å². The van der Waals surface area contributed by atoms with E-state index in [0.717, 1.165) is 22.4 Å². The van der Waals surface area contributed by atoms with Crippen LogP contribution in [0.25, 0.3) is 38.1 Å². The smallest absolute Gasteiger partial charge is 0.483 e. The van der Waals surface area contributed by atoms with Crippen molar-refractivity contribution in [3.63, 3.8) is 0 Å². The number of amides is 1. The van der Waals surface area contributed by atoms with Gasteiger partial charge in [-0.1, -0.05) is 42.5 Å². The number of halogens is 3. The zero-order chi connectivity index (χ0) is 38.9. The van der Waals surface area contributed by atoms with Crippen LogP contribution in [0.15, 0.2) is 120 Å². The van der Waals surface area contributed by atoms with E-state index in [2.05, 4.69) is 9.30 Å². The van der Waals surface area contributed by atoms with Crippen molar-refractivity contribution in [2.45, 2.75) is 52.2 Å². The molecule has 4 aromatic carbocycles. The number of alkyl halides is 3. The van der Waals surface area contributed by atoms with Gasteiger partial charge in [0.15, 0.2) is 16.1 Å². The second-order valence-electron chi connectivity index (χ2n) is 13.1. The lowest BCUT2D eigenvalue weighted by molar-refractivity contribution is -0.131. The summed E-state index contributed by atoms with van der Waals surface area (Å²) in [4.78, 5) is 26.8. The summed E-state index contributed by atoms with van der Waals surface area (Å²) in [5, 5.41) is 1.30. The van der Waals surface area contributed by atoms with Gasteiger partial charge in [-0.25, -0.2) is 8.42 Å². The molecule has 1 amide bonds. The van der Waals surface area contributed by atoms with E-state index in [1.54, 1.807) is 24.3 Å². The van der Waals surface area contributed by atoms with Crippen LogP contribution >= 0.6 is 0 Å². The predicted octanol–water partition coefficient (Wildman–Crippen LogP) is 9.55. The van der Waals surface area contributed by atoms with Gasteiger partial charge in [-0.05, 0) is 75.7 Å². The van der Waals surface area contributed by atoms with E-state index in [9.17, 15) is 31.2 Å². The van der Waals surface area contributed by atoms with Gasteiger partial charge < -0.3 is 23.6 Å². The number of para-hydroxylation sites is 1. The van der Waals surface area contributed by atoms with Gasteiger partial charge >= 0.3 is 11.5 Å².